The molecule has 0 atom stereocenters. The van der Waals surface area contributed by atoms with Gasteiger partial charge in [0.15, 0.2) is 5.16 Å². The smallest absolute Gasteiger partial charge is 0.241 e. The molecule has 3 aromatic rings. The van der Waals surface area contributed by atoms with E-state index in [4.69, 9.17) is 37.4 Å². The van der Waals surface area contributed by atoms with Gasteiger partial charge in [-0.3, -0.25) is 0 Å². The Balaban J connectivity index is 2.32. The Morgan fingerprint density at radius 3 is 2.12 bits per heavy atom. The summed E-state index contributed by atoms with van der Waals surface area (Å²) in [5.41, 5.74) is 1.60. The van der Waals surface area contributed by atoms with E-state index >= 15 is 0 Å². The molecule has 6 nitrogen and oxygen atoms in total. The molecule has 0 aliphatic heterocycles. The second kappa shape index (κ2) is 7.73. The molecule has 0 aliphatic carbocycles. The molecule has 0 fully saturated rings. The molecule has 0 unspecified atom stereocenters. The number of fused-ring (bicyclic) bond motifs is 1. The maximum absolute atomic E-state index is 6.49. The quantitative estimate of drug-likeness (QED) is 0.443. The van der Waals surface area contributed by atoms with E-state index < -0.39 is 0 Å². The van der Waals surface area contributed by atoms with Gasteiger partial charge in [0.05, 0.1) is 37.1 Å². The number of pyridine rings is 1. The van der Waals surface area contributed by atoms with E-state index in [9.17, 15) is 0 Å². The Labute approximate surface area is 164 Å². The van der Waals surface area contributed by atoms with Crippen LogP contribution in [0.2, 0.25) is 10.0 Å². The average molecular weight is 412 g/mol. The zero-order valence-corrected chi connectivity index (χ0v) is 16.8. The van der Waals surface area contributed by atoms with Crippen molar-refractivity contribution in [2.45, 2.75) is 5.16 Å². The molecule has 0 N–H and O–H groups in total. The maximum Gasteiger partial charge on any atom is 0.241 e. The van der Waals surface area contributed by atoms with Crippen LogP contribution in [0.15, 0.2) is 23.5 Å². The van der Waals surface area contributed by atoms with Gasteiger partial charge in [-0.2, -0.15) is 0 Å². The SMILES string of the molecule is COc1cc(OC)c(Cl)c(-c2cc3cnc(SC)nc3c(OC)n2)c1Cl. The minimum Gasteiger partial charge on any atom is -0.495 e. The third-order valence-electron chi connectivity index (χ3n) is 3.72. The fourth-order valence-electron chi connectivity index (χ4n) is 2.47. The number of benzene rings is 1. The summed E-state index contributed by atoms with van der Waals surface area (Å²) >= 11 is 14.4. The van der Waals surface area contributed by atoms with E-state index in [1.165, 1.54) is 33.1 Å². The van der Waals surface area contributed by atoms with Gasteiger partial charge in [-0.15, -0.1) is 0 Å². The Morgan fingerprint density at radius 1 is 0.923 bits per heavy atom. The number of hydrogen-bond donors (Lipinski definition) is 0. The first-order chi connectivity index (χ1) is 12.5. The normalized spacial score (nSPS) is 10.8. The highest BCUT2D eigenvalue weighted by Crippen LogP contribution is 2.46. The molecular weight excluding hydrogens is 397 g/mol. The fourth-order valence-corrected chi connectivity index (χ4v) is 3.51. The first kappa shape index (κ1) is 18.8. The van der Waals surface area contributed by atoms with Crippen molar-refractivity contribution >= 4 is 45.9 Å². The minimum atomic E-state index is 0.328. The highest BCUT2D eigenvalue weighted by Gasteiger charge is 2.21. The van der Waals surface area contributed by atoms with E-state index in [0.29, 0.717) is 49.4 Å². The summed E-state index contributed by atoms with van der Waals surface area (Å²) in [6.45, 7) is 0. The third kappa shape index (κ3) is 3.22. The van der Waals surface area contributed by atoms with E-state index in [-0.39, 0.29) is 0 Å². The largest absolute Gasteiger partial charge is 0.495 e. The van der Waals surface area contributed by atoms with Crippen molar-refractivity contribution in [2.75, 3.05) is 27.6 Å². The summed E-state index contributed by atoms with van der Waals surface area (Å²) in [5, 5.41) is 2.03. The average Bonchev–Trinajstić information content (AvgIpc) is 2.67. The molecule has 0 aliphatic rings. The number of halogens is 2. The van der Waals surface area contributed by atoms with Crippen LogP contribution in [0.4, 0.5) is 0 Å². The number of thioether (sulfide) groups is 1. The lowest BCUT2D eigenvalue weighted by Crippen LogP contribution is -1.98. The Morgan fingerprint density at radius 2 is 1.58 bits per heavy atom. The van der Waals surface area contributed by atoms with Crippen molar-refractivity contribution in [1.82, 2.24) is 15.0 Å². The van der Waals surface area contributed by atoms with Gasteiger partial charge in [0.2, 0.25) is 5.88 Å². The molecule has 0 amide bonds. The van der Waals surface area contributed by atoms with Crippen LogP contribution in [0.25, 0.3) is 22.2 Å². The van der Waals surface area contributed by atoms with Gasteiger partial charge in [0.1, 0.15) is 17.0 Å². The predicted octanol–water partition coefficient (Wildman–Crippen LogP) is 4.75. The third-order valence-corrected chi connectivity index (χ3v) is 5.03. The van der Waals surface area contributed by atoms with E-state index in [0.717, 1.165) is 5.39 Å². The summed E-state index contributed by atoms with van der Waals surface area (Å²) in [5.74, 6) is 1.21. The molecule has 3 rings (SSSR count). The molecule has 2 heterocycles. The maximum atomic E-state index is 6.49. The molecule has 0 saturated heterocycles. The molecule has 136 valence electrons. The van der Waals surface area contributed by atoms with Crippen molar-refractivity contribution in [2.24, 2.45) is 0 Å². The number of methoxy groups -OCH3 is 3. The van der Waals surface area contributed by atoms with Gasteiger partial charge in [0, 0.05) is 23.2 Å². The molecule has 0 bridgehead atoms. The highest BCUT2D eigenvalue weighted by molar-refractivity contribution is 7.98. The number of hydrogen-bond acceptors (Lipinski definition) is 7. The van der Waals surface area contributed by atoms with Crippen LogP contribution in [0.3, 0.4) is 0 Å². The molecule has 26 heavy (non-hydrogen) atoms. The number of ether oxygens (including phenoxy) is 3. The molecule has 0 radical (unpaired) electrons. The molecule has 0 saturated carbocycles. The standard InChI is InChI=1S/C17H15Cl2N3O3S/c1-23-10-6-11(24-2)14(19)12(13(10)18)9-5-8-7-20-17(26-4)22-15(8)16(21-9)25-3/h5-7H,1-4H3. The fraction of sp³-hybridized carbons (Fsp3) is 0.235. The lowest BCUT2D eigenvalue weighted by molar-refractivity contribution is 0.394. The first-order valence-corrected chi connectivity index (χ1v) is 9.38. The highest BCUT2D eigenvalue weighted by atomic mass is 35.5. The summed E-state index contributed by atoms with van der Waals surface area (Å²) in [7, 11) is 4.57. The van der Waals surface area contributed by atoms with Gasteiger partial charge in [-0.1, -0.05) is 35.0 Å². The van der Waals surface area contributed by atoms with Crippen LogP contribution in [-0.2, 0) is 0 Å². The van der Waals surface area contributed by atoms with Crippen molar-refractivity contribution in [3.05, 3.63) is 28.4 Å². The lowest BCUT2D eigenvalue weighted by Gasteiger charge is -2.15. The van der Waals surface area contributed by atoms with Crippen LogP contribution < -0.4 is 14.2 Å². The van der Waals surface area contributed by atoms with Gasteiger partial charge < -0.3 is 14.2 Å². The van der Waals surface area contributed by atoms with Crippen LogP contribution >= 0.6 is 35.0 Å². The summed E-state index contributed by atoms with van der Waals surface area (Å²) < 4.78 is 16.1. The molecular formula is C17H15Cl2N3O3S. The summed E-state index contributed by atoms with van der Waals surface area (Å²) in [6, 6.07) is 3.42. The first-order valence-electron chi connectivity index (χ1n) is 7.40. The van der Waals surface area contributed by atoms with E-state index in [1.54, 1.807) is 18.3 Å². The van der Waals surface area contributed by atoms with Crippen molar-refractivity contribution < 1.29 is 14.2 Å². The Kier molecular flexibility index (Phi) is 5.60. The van der Waals surface area contributed by atoms with Gasteiger partial charge >= 0.3 is 0 Å². The zero-order valence-electron chi connectivity index (χ0n) is 14.5. The number of rotatable bonds is 5. The Hall–Kier alpha value is -1.96. The van der Waals surface area contributed by atoms with Crippen LogP contribution in [0.5, 0.6) is 17.4 Å². The van der Waals surface area contributed by atoms with Crippen molar-refractivity contribution in [3.63, 3.8) is 0 Å². The Bertz CT molecular complexity index is 957. The van der Waals surface area contributed by atoms with Gasteiger partial charge in [0.25, 0.3) is 0 Å². The molecule has 0 spiro atoms. The second-order valence-corrected chi connectivity index (χ2v) is 6.62. The minimum absolute atomic E-state index is 0.328. The van der Waals surface area contributed by atoms with Crippen molar-refractivity contribution in [1.29, 1.82) is 0 Å². The predicted molar refractivity (Wildman–Crippen MR) is 104 cm³/mol. The van der Waals surface area contributed by atoms with E-state index in [1.807, 2.05) is 6.26 Å². The van der Waals surface area contributed by atoms with Crippen molar-refractivity contribution in [3.8, 4) is 28.6 Å². The van der Waals surface area contributed by atoms with E-state index in [2.05, 4.69) is 15.0 Å². The lowest BCUT2D eigenvalue weighted by atomic mass is 10.1. The zero-order chi connectivity index (χ0) is 18.8. The van der Waals surface area contributed by atoms with Crippen LogP contribution in [0.1, 0.15) is 0 Å². The monoisotopic (exact) mass is 411 g/mol. The molecule has 2 aromatic heterocycles. The molecule has 9 heteroatoms. The molecule has 1 aromatic carbocycles. The van der Waals surface area contributed by atoms with Crippen LogP contribution in [-0.4, -0.2) is 42.5 Å². The summed E-state index contributed by atoms with van der Waals surface area (Å²) in [6.07, 6.45) is 3.61. The topological polar surface area (TPSA) is 66.4 Å². The second-order valence-electron chi connectivity index (χ2n) is 5.10. The number of aromatic nitrogens is 3. The van der Waals surface area contributed by atoms with Gasteiger partial charge in [-0.05, 0) is 12.3 Å². The van der Waals surface area contributed by atoms with Crippen LogP contribution in [0, 0.1) is 0 Å². The summed E-state index contributed by atoms with van der Waals surface area (Å²) in [4.78, 5) is 13.3. The van der Waals surface area contributed by atoms with Gasteiger partial charge in [-0.25, -0.2) is 15.0 Å². The number of nitrogens with zero attached hydrogens (tertiary/aromatic N) is 3.